The molecule has 0 atom stereocenters. The van der Waals surface area contributed by atoms with Crippen LogP contribution in [0.25, 0.3) is 0 Å². The van der Waals surface area contributed by atoms with Crippen LogP contribution < -0.4 is 10.6 Å². The first-order valence-electron chi connectivity index (χ1n) is 5.39. The standard InChI is InChI=1S/C12H12ClN3O/c13-11-2-1-10(4-9(11)5-14)16-12(17)3-8-6-15-7-8/h1-2,4,8,15H,3,6-7H2,(H,16,17). The molecule has 0 saturated carbocycles. The quantitative estimate of drug-likeness (QED) is 0.858. The van der Waals surface area contributed by atoms with Gasteiger partial charge in [-0.25, -0.2) is 0 Å². The van der Waals surface area contributed by atoms with E-state index in [9.17, 15) is 4.79 Å². The molecule has 1 heterocycles. The summed E-state index contributed by atoms with van der Waals surface area (Å²) >= 11 is 5.81. The van der Waals surface area contributed by atoms with Gasteiger partial charge in [-0.15, -0.1) is 0 Å². The van der Waals surface area contributed by atoms with Crippen molar-refractivity contribution < 1.29 is 4.79 Å². The minimum absolute atomic E-state index is 0.0253. The van der Waals surface area contributed by atoms with Gasteiger partial charge in [0.2, 0.25) is 5.91 Å². The van der Waals surface area contributed by atoms with Gasteiger partial charge < -0.3 is 10.6 Å². The molecule has 1 aromatic rings. The molecule has 0 unspecified atom stereocenters. The summed E-state index contributed by atoms with van der Waals surface area (Å²) in [5, 5.41) is 15.1. The normalized spacial score (nSPS) is 14.8. The Morgan fingerprint density at radius 2 is 2.35 bits per heavy atom. The van der Waals surface area contributed by atoms with Gasteiger partial charge in [-0.2, -0.15) is 5.26 Å². The zero-order valence-corrected chi connectivity index (χ0v) is 9.92. The second-order valence-corrected chi connectivity index (χ2v) is 4.49. The van der Waals surface area contributed by atoms with Gasteiger partial charge in [-0.3, -0.25) is 4.79 Å². The number of carbonyl (C=O) groups is 1. The Hall–Kier alpha value is -1.57. The lowest BCUT2D eigenvalue weighted by atomic mass is 9.99. The van der Waals surface area contributed by atoms with E-state index in [1.807, 2.05) is 6.07 Å². The Bertz CT molecular complexity index is 477. The number of nitrogens with zero attached hydrogens (tertiary/aromatic N) is 1. The summed E-state index contributed by atoms with van der Waals surface area (Å²) in [5.41, 5.74) is 0.984. The number of hydrogen-bond donors (Lipinski definition) is 2. The van der Waals surface area contributed by atoms with Crippen molar-refractivity contribution in [1.82, 2.24) is 5.32 Å². The SMILES string of the molecule is N#Cc1cc(NC(=O)CC2CNC2)ccc1Cl. The fraction of sp³-hybridized carbons (Fsp3) is 0.333. The molecule has 0 spiro atoms. The van der Waals surface area contributed by atoms with Crippen LogP contribution in [0.1, 0.15) is 12.0 Å². The Kier molecular flexibility index (Phi) is 3.62. The van der Waals surface area contributed by atoms with Crippen molar-refractivity contribution in [3.63, 3.8) is 0 Å². The highest BCUT2D eigenvalue weighted by molar-refractivity contribution is 6.31. The molecule has 1 fully saturated rings. The molecule has 2 rings (SSSR count). The summed E-state index contributed by atoms with van der Waals surface area (Å²) in [7, 11) is 0. The number of carbonyl (C=O) groups excluding carboxylic acids is 1. The molecule has 5 heteroatoms. The maximum Gasteiger partial charge on any atom is 0.224 e. The number of hydrogen-bond acceptors (Lipinski definition) is 3. The molecule has 1 aliphatic rings. The second-order valence-electron chi connectivity index (χ2n) is 4.08. The van der Waals surface area contributed by atoms with Crippen molar-refractivity contribution in [3.8, 4) is 6.07 Å². The van der Waals surface area contributed by atoms with Crippen molar-refractivity contribution in [2.75, 3.05) is 18.4 Å². The third-order valence-corrected chi connectivity index (χ3v) is 3.04. The molecule has 1 aliphatic heterocycles. The van der Waals surface area contributed by atoms with E-state index in [0.717, 1.165) is 13.1 Å². The Morgan fingerprint density at radius 1 is 1.59 bits per heavy atom. The van der Waals surface area contributed by atoms with Crippen molar-refractivity contribution in [2.45, 2.75) is 6.42 Å². The van der Waals surface area contributed by atoms with Gasteiger partial charge >= 0.3 is 0 Å². The molecule has 88 valence electrons. The molecule has 0 aromatic heterocycles. The molecular formula is C12H12ClN3O. The van der Waals surface area contributed by atoms with Crippen LogP contribution in [-0.2, 0) is 4.79 Å². The Morgan fingerprint density at radius 3 is 2.94 bits per heavy atom. The van der Waals surface area contributed by atoms with Gasteiger partial charge in [0, 0.05) is 12.1 Å². The molecular weight excluding hydrogens is 238 g/mol. The fourth-order valence-corrected chi connectivity index (χ4v) is 1.82. The van der Waals surface area contributed by atoms with Gasteiger partial charge in [0.1, 0.15) is 6.07 Å². The maximum atomic E-state index is 11.6. The van der Waals surface area contributed by atoms with Crippen molar-refractivity contribution >= 4 is 23.2 Å². The smallest absolute Gasteiger partial charge is 0.224 e. The van der Waals surface area contributed by atoms with Crippen LogP contribution in [0.4, 0.5) is 5.69 Å². The summed E-state index contributed by atoms with van der Waals surface area (Å²) in [6.45, 7) is 1.80. The van der Waals surface area contributed by atoms with E-state index in [2.05, 4.69) is 10.6 Å². The average Bonchev–Trinajstić information content (AvgIpc) is 2.26. The van der Waals surface area contributed by atoms with Crippen LogP contribution in [0.3, 0.4) is 0 Å². The number of anilines is 1. The molecule has 1 saturated heterocycles. The molecule has 0 aliphatic carbocycles. The van der Waals surface area contributed by atoms with Crippen LogP contribution in [-0.4, -0.2) is 19.0 Å². The number of halogens is 1. The highest BCUT2D eigenvalue weighted by Crippen LogP contribution is 2.20. The molecule has 1 amide bonds. The van der Waals surface area contributed by atoms with Crippen LogP contribution >= 0.6 is 11.6 Å². The monoisotopic (exact) mass is 249 g/mol. The third kappa shape index (κ3) is 2.96. The molecule has 0 bridgehead atoms. The fourth-order valence-electron chi connectivity index (χ4n) is 1.66. The number of rotatable bonds is 3. The van der Waals surface area contributed by atoms with Gasteiger partial charge in [0.25, 0.3) is 0 Å². The highest BCUT2D eigenvalue weighted by Gasteiger charge is 2.20. The maximum absolute atomic E-state index is 11.6. The number of nitriles is 1. The predicted octanol–water partition coefficient (Wildman–Crippen LogP) is 1.76. The first-order chi connectivity index (χ1) is 8.19. The van der Waals surface area contributed by atoms with Gasteiger partial charge in [-0.05, 0) is 37.2 Å². The number of nitrogens with one attached hydrogen (secondary N) is 2. The van der Waals surface area contributed by atoms with E-state index in [0.29, 0.717) is 28.6 Å². The molecule has 17 heavy (non-hydrogen) atoms. The lowest BCUT2D eigenvalue weighted by molar-refractivity contribution is -0.117. The second kappa shape index (κ2) is 5.17. The number of amides is 1. The lowest BCUT2D eigenvalue weighted by Gasteiger charge is -2.26. The van der Waals surface area contributed by atoms with E-state index in [1.54, 1.807) is 18.2 Å². The van der Waals surface area contributed by atoms with Crippen molar-refractivity contribution in [3.05, 3.63) is 28.8 Å². The van der Waals surface area contributed by atoms with E-state index < -0.39 is 0 Å². The lowest BCUT2D eigenvalue weighted by Crippen LogP contribution is -2.43. The summed E-state index contributed by atoms with van der Waals surface area (Å²) in [6.07, 6.45) is 0.511. The predicted molar refractivity (Wildman–Crippen MR) is 65.8 cm³/mol. The van der Waals surface area contributed by atoms with Crippen LogP contribution in [0.5, 0.6) is 0 Å². The first-order valence-corrected chi connectivity index (χ1v) is 5.77. The summed E-state index contributed by atoms with van der Waals surface area (Å²) in [6, 6.07) is 6.87. The van der Waals surface area contributed by atoms with E-state index >= 15 is 0 Å². The summed E-state index contributed by atoms with van der Waals surface area (Å²) < 4.78 is 0. The van der Waals surface area contributed by atoms with E-state index in [4.69, 9.17) is 16.9 Å². The third-order valence-electron chi connectivity index (χ3n) is 2.71. The molecule has 0 radical (unpaired) electrons. The Balaban J connectivity index is 1.98. The summed E-state index contributed by atoms with van der Waals surface area (Å²) in [4.78, 5) is 11.6. The van der Waals surface area contributed by atoms with Gasteiger partial charge in [-0.1, -0.05) is 11.6 Å². The zero-order chi connectivity index (χ0) is 12.3. The first kappa shape index (κ1) is 11.9. The number of benzene rings is 1. The largest absolute Gasteiger partial charge is 0.326 e. The minimum atomic E-state index is -0.0253. The van der Waals surface area contributed by atoms with Gasteiger partial charge in [0.05, 0.1) is 10.6 Å². The topological polar surface area (TPSA) is 64.9 Å². The van der Waals surface area contributed by atoms with Crippen LogP contribution in [0.2, 0.25) is 5.02 Å². The van der Waals surface area contributed by atoms with Crippen LogP contribution in [0.15, 0.2) is 18.2 Å². The molecule has 2 N–H and O–H groups in total. The highest BCUT2D eigenvalue weighted by atomic mass is 35.5. The molecule has 4 nitrogen and oxygen atoms in total. The zero-order valence-electron chi connectivity index (χ0n) is 9.16. The molecule has 1 aromatic carbocycles. The van der Waals surface area contributed by atoms with Crippen molar-refractivity contribution in [1.29, 1.82) is 5.26 Å². The minimum Gasteiger partial charge on any atom is -0.326 e. The van der Waals surface area contributed by atoms with Gasteiger partial charge in [0.15, 0.2) is 0 Å². The average molecular weight is 250 g/mol. The Labute approximate surface area is 105 Å². The summed E-state index contributed by atoms with van der Waals surface area (Å²) in [5.74, 6) is 0.403. The van der Waals surface area contributed by atoms with E-state index in [1.165, 1.54) is 0 Å². The van der Waals surface area contributed by atoms with Crippen molar-refractivity contribution in [2.24, 2.45) is 5.92 Å². The van der Waals surface area contributed by atoms with E-state index in [-0.39, 0.29) is 5.91 Å². The van der Waals surface area contributed by atoms with Crippen LogP contribution in [0, 0.1) is 17.2 Å².